The fourth-order valence-electron chi connectivity index (χ4n) is 2.44. The summed E-state index contributed by atoms with van der Waals surface area (Å²) in [6, 6.07) is 11.9. The van der Waals surface area contributed by atoms with Crippen LogP contribution in [0.3, 0.4) is 0 Å². The van der Waals surface area contributed by atoms with E-state index >= 15 is 0 Å². The van der Waals surface area contributed by atoms with Crippen molar-refractivity contribution in [1.82, 2.24) is 4.98 Å². The summed E-state index contributed by atoms with van der Waals surface area (Å²) in [5, 5.41) is 8.61. The van der Waals surface area contributed by atoms with Crippen molar-refractivity contribution in [2.45, 2.75) is 5.75 Å². The van der Waals surface area contributed by atoms with E-state index in [4.69, 9.17) is 32.7 Å². The standard InChI is InChI=1S/C21H19Cl2N3O4S2/c1-29-16-5-3-14(4-6-16)24-20(28)12-31-10-15-11-32-21(25-15)26-19(27)9-30-18-7-2-13(22)8-17(18)23/h2-8,11H,9-10,12H2,1H3,(H,24,28)(H,25,26,27). The number of carbonyl (C=O) groups excluding carboxylic acids is 2. The summed E-state index contributed by atoms with van der Waals surface area (Å²) in [7, 11) is 1.59. The van der Waals surface area contributed by atoms with E-state index in [-0.39, 0.29) is 24.2 Å². The molecule has 7 nitrogen and oxygen atoms in total. The number of nitrogens with one attached hydrogen (secondary N) is 2. The summed E-state index contributed by atoms with van der Waals surface area (Å²) in [4.78, 5) is 28.5. The lowest BCUT2D eigenvalue weighted by Crippen LogP contribution is -2.20. The van der Waals surface area contributed by atoms with Crippen LogP contribution in [-0.4, -0.2) is 36.3 Å². The number of aromatic nitrogens is 1. The van der Waals surface area contributed by atoms with Crippen LogP contribution in [0, 0.1) is 0 Å². The van der Waals surface area contributed by atoms with Crippen molar-refractivity contribution in [2.75, 3.05) is 30.1 Å². The number of hydrogen-bond donors (Lipinski definition) is 2. The van der Waals surface area contributed by atoms with E-state index in [1.165, 1.54) is 23.1 Å². The SMILES string of the molecule is COc1ccc(NC(=O)CSCc2csc(NC(=O)COc3ccc(Cl)cc3Cl)n2)cc1. The van der Waals surface area contributed by atoms with Crippen molar-refractivity contribution in [3.05, 3.63) is 63.6 Å². The van der Waals surface area contributed by atoms with Crippen molar-refractivity contribution in [1.29, 1.82) is 0 Å². The van der Waals surface area contributed by atoms with Crippen LogP contribution in [0.5, 0.6) is 11.5 Å². The Bertz CT molecular complexity index is 1080. The van der Waals surface area contributed by atoms with Gasteiger partial charge in [-0.3, -0.25) is 14.9 Å². The second-order valence-corrected chi connectivity index (χ2v) is 9.01. The maximum Gasteiger partial charge on any atom is 0.264 e. The lowest BCUT2D eigenvalue weighted by molar-refractivity contribution is -0.118. The Balaban J connectivity index is 1.38. The molecule has 11 heteroatoms. The molecule has 0 saturated heterocycles. The monoisotopic (exact) mass is 511 g/mol. The molecule has 0 spiro atoms. The molecule has 0 aliphatic carbocycles. The van der Waals surface area contributed by atoms with Gasteiger partial charge in [0.05, 0.1) is 23.6 Å². The van der Waals surface area contributed by atoms with Crippen molar-refractivity contribution >= 4 is 68.9 Å². The number of ether oxygens (including phenoxy) is 2. The molecule has 3 aromatic rings. The topological polar surface area (TPSA) is 89.6 Å². The Kier molecular flexibility index (Phi) is 9.04. The molecule has 2 N–H and O–H groups in total. The summed E-state index contributed by atoms with van der Waals surface area (Å²) in [6.07, 6.45) is 0. The molecule has 1 heterocycles. The van der Waals surface area contributed by atoms with Gasteiger partial charge in [-0.05, 0) is 42.5 Å². The number of anilines is 2. The third-order valence-electron chi connectivity index (χ3n) is 3.91. The molecule has 168 valence electrons. The third kappa shape index (κ3) is 7.59. The van der Waals surface area contributed by atoms with Crippen LogP contribution in [0.4, 0.5) is 10.8 Å². The molecule has 0 bridgehead atoms. The van der Waals surface area contributed by atoms with Gasteiger partial charge in [0.2, 0.25) is 5.91 Å². The number of thioether (sulfide) groups is 1. The fourth-order valence-corrected chi connectivity index (χ4v) is 4.45. The number of benzene rings is 2. The fraction of sp³-hybridized carbons (Fsp3) is 0.190. The zero-order valence-electron chi connectivity index (χ0n) is 16.9. The van der Waals surface area contributed by atoms with Gasteiger partial charge in [-0.1, -0.05) is 23.2 Å². The number of rotatable bonds is 10. The zero-order chi connectivity index (χ0) is 22.9. The first-order valence-corrected chi connectivity index (χ1v) is 12.1. The molecule has 0 radical (unpaired) electrons. The summed E-state index contributed by atoms with van der Waals surface area (Å²) in [6.45, 7) is -0.212. The van der Waals surface area contributed by atoms with Gasteiger partial charge in [0, 0.05) is 21.8 Å². The molecule has 0 aliphatic heterocycles. The number of carbonyl (C=O) groups is 2. The molecule has 2 aromatic carbocycles. The van der Waals surface area contributed by atoms with E-state index < -0.39 is 0 Å². The van der Waals surface area contributed by atoms with Crippen LogP contribution in [0.25, 0.3) is 0 Å². The third-order valence-corrected chi connectivity index (χ3v) is 6.21. The number of hydrogen-bond acceptors (Lipinski definition) is 7. The maximum atomic E-state index is 12.1. The molecule has 0 atom stereocenters. The molecular weight excluding hydrogens is 493 g/mol. The predicted octanol–water partition coefficient (Wildman–Crippen LogP) is 5.35. The number of halogens is 2. The first-order chi connectivity index (χ1) is 15.4. The molecule has 1 aromatic heterocycles. The predicted molar refractivity (Wildman–Crippen MR) is 130 cm³/mol. The maximum absolute atomic E-state index is 12.1. The second kappa shape index (κ2) is 12.0. The molecule has 32 heavy (non-hydrogen) atoms. The van der Waals surface area contributed by atoms with Crippen molar-refractivity contribution in [3.63, 3.8) is 0 Å². The Morgan fingerprint density at radius 3 is 2.59 bits per heavy atom. The summed E-state index contributed by atoms with van der Waals surface area (Å²) < 4.78 is 10.5. The van der Waals surface area contributed by atoms with Crippen LogP contribution in [0.1, 0.15) is 5.69 Å². The van der Waals surface area contributed by atoms with Crippen LogP contribution in [0.15, 0.2) is 47.8 Å². The van der Waals surface area contributed by atoms with E-state index in [0.717, 1.165) is 11.4 Å². The molecule has 2 amide bonds. The number of methoxy groups -OCH3 is 1. The van der Waals surface area contributed by atoms with Gasteiger partial charge in [0.15, 0.2) is 11.7 Å². The van der Waals surface area contributed by atoms with Crippen LogP contribution < -0.4 is 20.1 Å². The van der Waals surface area contributed by atoms with Crippen LogP contribution in [-0.2, 0) is 15.3 Å². The van der Waals surface area contributed by atoms with E-state index in [2.05, 4.69) is 15.6 Å². The lowest BCUT2D eigenvalue weighted by Gasteiger charge is -2.07. The highest BCUT2D eigenvalue weighted by atomic mass is 35.5. The largest absolute Gasteiger partial charge is 0.497 e. The first kappa shape index (κ1) is 24.2. The summed E-state index contributed by atoms with van der Waals surface area (Å²) in [5.74, 6) is 1.45. The minimum Gasteiger partial charge on any atom is -0.497 e. The van der Waals surface area contributed by atoms with Crippen molar-refractivity contribution in [2.24, 2.45) is 0 Å². The normalized spacial score (nSPS) is 10.5. The van der Waals surface area contributed by atoms with Gasteiger partial charge in [0.25, 0.3) is 5.91 Å². The minimum atomic E-state index is -0.358. The highest BCUT2D eigenvalue weighted by molar-refractivity contribution is 7.99. The minimum absolute atomic E-state index is 0.109. The van der Waals surface area contributed by atoms with Crippen LogP contribution >= 0.6 is 46.3 Å². The molecule has 0 aliphatic rings. The Labute approximate surface area is 203 Å². The van der Waals surface area contributed by atoms with E-state index in [9.17, 15) is 9.59 Å². The molecule has 0 fully saturated rings. The zero-order valence-corrected chi connectivity index (χ0v) is 20.0. The lowest BCUT2D eigenvalue weighted by atomic mass is 10.3. The second-order valence-electron chi connectivity index (χ2n) is 6.33. The van der Waals surface area contributed by atoms with Crippen molar-refractivity contribution < 1.29 is 19.1 Å². The quantitative estimate of drug-likeness (QED) is 0.381. The number of nitrogens with zero attached hydrogens (tertiary/aromatic N) is 1. The molecular formula is C21H19Cl2N3O4S2. The average Bonchev–Trinajstić information content (AvgIpc) is 3.20. The van der Waals surface area contributed by atoms with Gasteiger partial charge in [0.1, 0.15) is 11.5 Å². The first-order valence-electron chi connectivity index (χ1n) is 9.26. The molecule has 0 unspecified atom stereocenters. The Morgan fingerprint density at radius 1 is 1.09 bits per heavy atom. The van der Waals surface area contributed by atoms with E-state index in [1.807, 2.05) is 5.38 Å². The molecule has 3 rings (SSSR count). The van der Waals surface area contributed by atoms with Crippen molar-refractivity contribution in [3.8, 4) is 11.5 Å². The summed E-state index contributed by atoms with van der Waals surface area (Å²) >= 11 is 14.6. The van der Waals surface area contributed by atoms with Crippen LogP contribution in [0.2, 0.25) is 10.0 Å². The molecule has 0 saturated carbocycles. The smallest absolute Gasteiger partial charge is 0.264 e. The van der Waals surface area contributed by atoms with Gasteiger partial charge < -0.3 is 14.8 Å². The highest BCUT2D eigenvalue weighted by Crippen LogP contribution is 2.27. The summed E-state index contributed by atoms with van der Waals surface area (Å²) in [5.41, 5.74) is 1.48. The number of thiazole rings is 1. The average molecular weight is 512 g/mol. The van der Waals surface area contributed by atoms with E-state index in [1.54, 1.807) is 49.6 Å². The van der Waals surface area contributed by atoms with Gasteiger partial charge in [-0.25, -0.2) is 4.98 Å². The Hall–Kier alpha value is -2.46. The van der Waals surface area contributed by atoms with E-state index in [0.29, 0.717) is 32.4 Å². The van der Waals surface area contributed by atoms with Gasteiger partial charge >= 0.3 is 0 Å². The van der Waals surface area contributed by atoms with Gasteiger partial charge in [-0.2, -0.15) is 0 Å². The van der Waals surface area contributed by atoms with Gasteiger partial charge in [-0.15, -0.1) is 23.1 Å². The Morgan fingerprint density at radius 2 is 1.88 bits per heavy atom. The highest BCUT2D eigenvalue weighted by Gasteiger charge is 2.10. The number of amides is 2.